The smallest absolute Gasteiger partial charge is 0.384 e. The number of ether oxygens (including phenoxy) is 1. The molecule has 0 atom stereocenters. The average molecular weight is 540 g/mol. The summed E-state index contributed by atoms with van der Waals surface area (Å²) in [4.78, 5) is 20.4. The van der Waals surface area contributed by atoms with E-state index in [0.29, 0.717) is 19.6 Å². The van der Waals surface area contributed by atoms with Crippen LogP contribution < -0.4 is 4.90 Å². The molecule has 0 bridgehead atoms. The predicted molar refractivity (Wildman–Crippen MR) is 152 cm³/mol. The van der Waals surface area contributed by atoms with Crippen LogP contribution in [-0.2, 0) is 24.7 Å². The number of allylic oxidation sites excluding steroid dienone is 4. The van der Waals surface area contributed by atoms with Gasteiger partial charge in [-0.05, 0) is 38.0 Å². The molecule has 2 N–H and O–H groups in total. The molecule has 2 aromatic carbocycles. The van der Waals surface area contributed by atoms with Gasteiger partial charge < -0.3 is 19.4 Å². The van der Waals surface area contributed by atoms with Gasteiger partial charge in [0.25, 0.3) is 0 Å². The van der Waals surface area contributed by atoms with Gasteiger partial charge in [-0.25, -0.2) is 4.57 Å². The number of anilines is 1. The van der Waals surface area contributed by atoms with Gasteiger partial charge in [0.2, 0.25) is 5.69 Å². The van der Waals surface area contributed by atoms with E-state index in [4.69, 9.17) is 19.0 Å². The van der Waals surface area contributed by atoms with Crippen LogP contribution >= 0.6 is 7.82 Å². The summed E-state index contributed by atoms with van der Waals surface area (Å²) in [6.45, 7) is 11.2. The van der Waals surface area contributed by atoms with E-state index in [1.54, 1.807) is 7.11 Å². The van der Waals surface area contributed by atoms with E-state index in [0.717, 1.165) is 24.4 Å². The van der Waals surface area contributed by atoms with Crippen molar-refractivity contribution in [3.63, 3.8) is 0 Å². The zero-order valence-corrected chi connectivity index (χ0v) is 23.9. The van der Waals surface area contributed by atoms with E-state index in [9.17, 15) is 4.57 Å². The molecule has 2 heterocycles. The molecular weight excluding hydrogens is 499 g/mol. The van der Waals surface area contributed by atoms with Gasteiger partial charge in [0.05, 0.1) is 18.6 Å². The molecule has 0 spiro atoms. The van der Waals surface area contributed by atoms with Crippen molar-refractivity contribution >= 4 is 24.9 Å². The van der Waals surface area contributed by atoms with E-state index >= 15 is 0 Å². The zero-order valence-electron chi connectivity index (χ0n) is 23.1. The topological polar surface area (TPSA) is 82.2 Å². The molecule has 4 rings (SSSR count). The predicted octanol–water partition coefficient (Wildman–Crippen LogP) is 5.84. The van der Waals surface area contributed by atoms with Crippen molar-refractivity contribution in [3.8, 4) is 0 Å². The number of para-hydroxylation sites is 2. The number of fused-ring (bicyclic) bond motifs is 2. The molecule has 2 aliphatic heterocycles. The van der Waals surface area contributed by atoms with E-state index in [-0.39, 0.29) is 17.4 Å². The van der Waals surface area contributed by atoms with Crippen LogP contribution in [0.25, 0.3) is 0 Å². The second-order valence-electron chi connectivity index (χ2n) is 10.9. The molecule has 38 heavy (non-hydrogen) atoms. The van der Waals surface area contributed by atoms with Crippen LogP contribution in [0.15, 0.2) is 72.5 Å². The highest BCUT2D eigenvalue weighted by molar-refractivity contribution is 7.46. The Hall–Kier alpha value is -2.54. The van der Waals surface area contributed by atoms with Gasteiger partial charge in [-0.2, -0.15) is 4.58 Å². The van der Waals surface area contributed by atoms with Crippen molar-refractivity contribution in [2.24, 2.45) is 0 Å². The Labute approximate surface area is 226 Å². The molecule has 0 fully saturated rings. The normalized spacial score (nSPS) is 19.0. The second-order valence-corrected chi connectivity index (χ2v) is 12.1. The SMILES string of the molecule is COCCC[N+]1=C(C=CC=C2N(CCCOP(=O)(O)O)c3ccccc3C2(C)C)C(C)(C)c2ccccc21. The maximum absolute atomic E-state index is 11.1. The summed E-state index contributed by atoms with van der Waals surface area (Å²) in [6.07, 6.45) is 7.99. The largest absolute Gasteiger partial charge is 0.469 e. The van der Waals surface area contributed by atoms with E-state index in [1.165, 1.54) is 22.5 Å². The minimum absolute atomic E-state index is 0.00665. The Morgan fingerprint density at radius 1 is 0.947 bits per heavy atom. The van der Waals surface area contributed by atoms with Crippen LogP contribution in [0.4, 0.5) is 11.4 Å². The lowest BCUT2D eigenvalue weighted by molar-refractivity contribution is -0.438. The summed E-state index contributed by atoms with van der Waals surface area (Å²) < 4.78 is 23.6. The van der Waals surface area contributed by atoms with Crippen molar-refractivity contribution in [3.05, 3.63) is 83.6 Å². The Morgan fingerprint density at radius 2 is 1.63 bits per heavy atom. The van der Waals surface area contributed by atoms with Crippen LogP contribution in [0.2, 0.25) is 0 Å². The number of rotatable bonds is 11. The molecule has 0 radical (unpaired) electrons. The van der Waals surface area contributed by atoms with Gasteiger partial charge in [0.15, 0.2) is 12.3 Å². The maximum Gasteiger partial charge on any atom is 0.469 e. The lowest BCUT2D eigenvalue weighted by atomic mass is 9.81. The fourth-order valence-corrected chi connectivity index (χ4v) is 6.13. The first kappa shape index (κ1) is 28.5. The van der Waals surface area contributed by atoms with Crippen LogP contribution in [0.1, 0.15) is 51.7 Å². The monoisotopic (exact) mass is 539 g/mol. The molecular formula is C30H40N2O5P+. The Balaban J connectivity index is 1.66. The number of phosphoric ester groups is 1. The number of benzene rings is 2. The van der Waals surface area contributed by atoms with Crippen molar-refractivity contribution < 1.29 is 28.2 Å². The van der Waals surface area contributed by atoms with Gasteiger partial charge in [-0.3, -0.25) is 4.52 Å². The molecule has 0 unspecified atom stereocenters. The van der Waals surface area contributed by atoms with Gasteiger partial charge in [0, 0.05) is 54.6 Å². The van der Waals surface area contributed by atoms with Crippen LogP contribution in [0.5, 0.6) is 0 Å². The highest BCUT2D eigenvalue weighted by Gasteiger charge is 2.44. The van der Waals surface area contributed by atoms with Gasteiger partial charge in [-0.1, -0.05) is 56.3 Å². The Bertz CT molecular complexity index is 1310. The van der Waals surface area contributed by atoms with Gasteiger partial charge in [0.1, 0.15) is 0 Å². The fraction of sp³-hybridized carbons (Fsp3) is 0.433. The summed E-state index contributed by atoms with van der Waals surface area (Å²) in [5.41, 5.74) is 6.97. The molecule has 0 saturated heterocycles. The lowest BCUT2D eigenvalue weighted by Gasteiger charge is -2.27. The first-order chi connectivity index (χ1) is 18.0. The third kappa shape index (κ3) is 5.73. The molecule has 8 heteroatoms. The third-order valence-corrected chi connectivity index (χ3v) is 8.14. The quantitative estimate of drug-likeness (QED) is 0.212. The van der Waals surface area contributed by atoms with E-state index in [1.807, 2.05) is 6.07 Å². The number of hydrogen-bond acceptors (Lipinski definition) is 4. The third-order valence-electron chi connectivity index (χ3n) is 7.62. The van der Waals surface area contributed by atoms with Crippen molar-refractivity contribution in [1.82, 2.24) is 0 Å². The minimum atomic E-state index is -4.48. The summed E-state index contributed by atoms with van der Waals surface area (Å²) >= 11 is 0. The Morgan fingerprint density at radius 3 is 2.34 bits per heavy atom. The molecule has 0 amide bonds. The van der Waals surface area contributed by atoms with Crippen LogP contribution in [-0.4, -0.2) is 53.5 Å². The number of hydrogen-bond donors (Lipinski definition) is 2. The molecule has 2 aliphatic rings. The van der Waals surface area contributed by atoms with Crippen LogP contribution in [0.3, 0.4) is 0 Å². The first-order valence-electron chi connectivity index (χ1n) is 13.2. The molecule has 0 aromatic heterocycles. The summed E-state index contributed by atoms with van der Waals surface area (Å²) in [6, 6.07) is 17.0. The number of phosphoric acid groups is 1. The number of methoxy groups -OCH3 is 1. The molecule has 0 aliphatic carbocycles. The van der Waals surface area contributed by atoms with Crippen LogP contribution in [0, 0.1) is 0 Å². The summed E-state index contributed by atoms with van der Waals surface area (Å²) in [5, 5.41) is 0. The Kier molecular flexibility index (Phi) is 8.46. The van der Waals surface area contributed by atoms with Crippen molar-refractivity contribution in [2.45, 2.75) is 51.4 Å². The summed E-state index contributed by atoms with van der Waals surface area (Å²) in [7, 11) is -2.74. The summed E-state index contributed by atoms with van der Waals surface area (Å²) in [5.74, 6) is 0. The molecule has 0 saturated carbocycles. The fourth-order valence-electron chi connectivity index (χ4n) is 5.77. The second kappa shape index (κ2) is 11.3. The first-order valence-corrected chi connectivity index (χ1v) is 14.7. The van der Waals surface area contributed by atoms with Gasteiger partial charge in [-0.15, -0.1) is 0 Å². The highest BCUT2D eigenvalue weighted by atomic mass is 31.2. The van der Waals surface area contributed by atoms with Crippen molar-refractivity contribution in [2.75, 3.05) is 38.3 Å². The van der Waals surface area contributed by atoms with E-state index < -0.39 is 7.82 Å². The zero-order chi connectivity index (χ0) is 27.6. The van der Waals surface area contributed by atoms with E-state index in [2.05, 4.69) is 97.9 Å². The van der Waals surface area contributed by atoms with Gasteiger partial charge >= 0.3 is 7.82 Å². The number of nitrogens with zero attached hydrogens (tertiary/aromatic N) is 2. The minimum Gasteiger partial charge on any atom is -0.384 e. The molecule has 7 nitrogen and oxygen atoms in total. The lowest BCUT2D eigenvalue weighted by Crippen LogP contribution is -2.28. The highest BCUT2D eigenvalue weighted by Crippen LogP contribution is 2.48. The molecule has 2 aromatic rings. The standard InChI is InChI=1S/C30H39N2O5P/c1-29(2)23-13-6-8-15-25(23)31(19-11-21-36-5)27(29)17-10-18-28-30(3,4)24-14-7-9-16-26(24)32(28)20-12-22-37-38(33,34)35/h6-10,13-18H,11-12,19-22H2,1-5H3,(H-,33,34,35)/p+1. The van der Waals surface area contributed by atoms with Crippen molar-refractivity contribution in [1.29, 1.82) is 0 Å². The average Bonchev–Trinajstić information content (AvgIpc) is 3.21. The maximum atomic E-state index is 11.1. The molecule has 204 valence electrons.